The minimum atomic E-state index is -2.57. The van der Waals surface area contributed by atoms with Crippen LogP contribution in [0.5, 0.6) is 0 Å². The van der Waals surface area contributed by atoms with E-state index in [1.165, 1.54) is 23.1 Å². The van der Waals surface area contributed by atoms with Crippen molar-refractivity contribution < 1.29 is 24.7 Å². The second-order valence-corrected chi connectivity index (χ2v) is 14.7. The molecule has 4 aromatic carbocycles. The lowest BCUT2D eigenvalue weighted by Crippen LogP contribution is -2.53. The summed E-state index contributed by atoms with van der Waals surface area (Å²) in [5, 5.41) is 0. The summed E-state index contributed by atoms with van der Waals surface area (Å²) in [5.41, 5.74) is 4.21. The molecule has 0 radical (unpaired) electrons. The van der Waals surface area contributed by atoms with Crippen LogP contribution in [0.15, 0.2) is 142 Å². The van der Waals surface area contributed by atoms with Gasteiger partial charge in [-0.25, -0.2) is 0 Å². The molecular weight excluding hydrogens is 721 g/mol. The topological polar surface area (TPSA) is 78.3 Å². The smallest absolute Gasteiger partial charge is 0.259 e. The van der Waals surface area contributed by atoms with Gasteiger partial charge in [0.25, 0.3) is 11.8 Å². The van der Waals surface area contributed by atoms with Crippen LogP contribution in [0.4, 0.5) is 0 Å². The van der Waals surface area contributed by atoms with Gasteiger partial charge in [-0.2, -0.15) is 0 Å². The number of carbonyl (C=O) groups is 2. The first-order valence-electron chi connectivity index (χ1n) is 25.2. The minimum absolute atomic E-state index is 0.00661. The Bertz CT molecular complexity index is 2800. The third-order valence-corrected chi connectivity index (χ3v) is 10.9. The molecule has 0 aliphatic carbocycles. The van der Waals surface area contributed by atoms with Crippen LogP contribution in [0.1, 0.15) is 61.3 Å². The van der Waals surface area contributed by atoms with Gasteiger partial charge < -0.3 is 9.80 Å². The van der Waals surface area contributed by atoms with E-state index in [1.54, 1.807) is 76.5 Å². The first-order chi connectivity index (χ1) is 32.7. The molecule has 2 amide bonds. The van der Waals surface area contributed by atoms with Crippen LogP contribution < -0.4 is 0 Å². The van der Waals surface area contributed by atoms with Crippen LogP contribution in [0.3, 0.4) is 0 Å². The lowest BCUT2D eigenvalue weighted by atomic mass is 9.99. The molecule has 58 heavy (non-hydrogen) atoms. The maximum Gasteiger partial charge on any atom is 0.259 e. The number of guanidine groups is 2. The molecule has 4 aromatic rings. The summed E-state index contributed by atoms with van der Waals surface area (Å²) in [6.45, 7) is -6.04. The van der Waals surface area contributed by atoms with E-state index in [9.17, 15) is 9.59 Å². The minimum Gasteiger partial charge on any atom is -0.314 e. The highest BCUT2D eigenvalue weighted by Gasteiger charge is 2.42. The number of benzene rings is 4. The van der Waals surface area contributed by atoms with E-state index < -0.39 is 44.7 Å². The van der Waals surface area contributed by atoms with Gasteiger partial charge in [-0.3, -0.25) is 39.2 Å². The number of hydrogen-bond acceptors (Lipinski definition) is 8. The van der Waals surface area contributed by atoms with Crippen molar-refractivity contribution in [3.8, 4) is 0 Å². The summed E-state index contributed by atoms with van der Waals surface area (Å²) in [6, 6.07) is 30.7. The predicted octanol–water partition coefficient (Wildman–Crippen LogP) is 6.34. The van der Waals surface area contributed by atoms with Crippen LogP contribution >= 0.6 is 0 Å². The zero-order chi connectivity index (χ0) is 49.3. The molecule has 0 bridgehead atoms. The van der Waals surface area contributed by atoms with Gasteiger partial charge in [-0.15, -0.1) is 0 Å². The van der Waals surface area contributed by atoms with Gasteiger partial charge in [0, 0.05) is 86.1 Å². The molecule has 296 valence electrons. The average Bonchev–Trinajstić information content (AvgIpc) is 4.03. The van der Waals surface area contributed by atoms with Crippen molar-refractivity contribution in [3.05, 3.63) is 165 Å². The van der Waals surface area contributed by atoms with Crippen molar-refractivity contribution in [2.45, 2.75) is 52.6 Å². The fraction of sp³-hybridized carbons (Fsp3) is 0.333. The number of amides is 2. The fourth-order valence-corrected chi connectivity index (χ4v) is 8.00. The summed E-state index contributed by atoms with van der Waals surface area (Å²) in [7, 11) is 0. The largest absolute Gasteiger partial charge is 0.314 e. The van der Waals surface area contributed by atoms with Gasteiger partial charge in [0.2, 0.25) is 11.9 Å². The number of rotatable bonds is 8. The highest BCUT2D eigenvalue weighted by molar-refractivity contribution is 6.10. The lowest BCUT2D eigenvalue weighted by Gasteiger charge is -2.42. The van der Waals surface area contributed by atoms with Gasteiger partial charge in [-0.1, -0.05) is 109 Å². The number of carbonyl (C=O) groups excluding carboxylic acids is 2. The summed E-state index contributed by atoms with van der Waals surface area (Å²) in [6.07, 6.45) is 0.919. The van der Waals surface area contributed by atoms with Crippen LogP contribution in [-0.2, 0) is 35.6 Å². The number of aryl methyl sites for hydroxylation is 2. The van der Waals surface area contributed by atoms with Crippen LogP contribution in [0, 0.1) is 13.8 Å². The highest BCUT2D eigenvalue weighted by atomic mass is 16.2. The molecule has 0 fully saturated rings. The molecule has 0 aromatic heterocycles. The molecule has 0 saturated carbocycles. The predicted molar refractivity (Wildman–Crippen MR) is 228 cm³/mol. The molecule has 6 aliphatic heterocycles. The van der Waals surface area contributed by atoms with Gasteiger partial charge in [0.15, 0.2) is 0 Å². The Labute approximate surface area is 357 Å². The standard InChI is InChI=1S/2C24H26N4O/c2*1-18-7-5-6-10-20(18)16-28-23(29)21-17-26(15-19-8-3-2-4-9-19)13-11-22(21)27-14-12-25-24(27)28/h2*2-10H,11-17H2,1H3/i1D3,15D2,16D2;15D2,16D2. The van der Waals surface area contributed by atoms with Gasteiger partial charge >= 0.3 is 0 Å². The monoisotopic (exact) mass is 783 g/mol. The first-order valence-corrected chi connectivity index (χ1v) is 19.7. The summed E-state index contributed by atoms with van der Waals surface area (Å²) in [4.78, 5) is 45.8. The quantitative estimate of drug-likeness (QED) is 0.208. The van der Waals surface area contributed by atoms with Gasteiger partial charge in [0.1, 0.15) is 0 Å². The van der Waals surface area contributed by atoms with E-state index in [2.05, 4.69) is 9.98 Å². The Hall–Kier alpha value is -5.84. The van der Waals surface area contributed by atoms with Gasteiger partial charge in [-0.05, 0) is 47.2 Å². The average molecular weight is 784 g/mol. The third-order valence-electron chi connectivity index (χ3n) is 10.9. The van der Waals surface area contributed by atoms with Crippen molar-refractivity contribution in [2.24, 2.45) is 9.98 Å². The lowest BCUT2D eigenvalue weighted by molar-refractivity contribution is -0.126. The second-order valence-electron chi connectivity index (χ2n) is 14.7. The Balaban J connectivity index is 0.000000172. The van der Waals surface area contributed by atoms with E-state index >= 15 is 0 Å². The molecule has 6 aliphatic rings. The zero-order valence-electron chi connectivity index (χ0n) is 43.4. The number of hydrogen-bond donors (Lipinski definition) is 0. The van der Waals surface area contributed by atoms with Crippen LogP contribution in [0.2, 0.25) is 0 Å². The molecule has 10 heteroatoms. The maximum atomic E-state index is 13.9. The molecule has 0 N–H and O–H groups in total. The zero-order valence-corrected chi connectivity index (χ0v) is 32.4. The van der Waals surface area contributed by atoms with Crippen molar-refractivity contribution in [1.82, 2.24) is 29.4 Å². The third kappa shape index (κ3) is 7.62. The molecule has 0 unspecified atom stereocenters. The SMILES string of the molecule is [2H]C([2H])([2H])c1ccccc1C([2H])([2H])N1C(=O)C2=C(CCN(C([2H])([2H])c3ccccc3)C2)N2CCN=C21.[2H]C([2H])(c1ccccc1)N1CCC2=C(C1)C(=O)N(C([2H])([2H])c1ccccc1C)C1=NCCN12. The molecule has 0 atom stereocenters. The molecule has 10 nitrogen and oxygen atoms in total. The molecule has 10 rings (SSSR count). The Kier molecular flexibility index (Phi) is 7.70. The normalized spacial score (nSPS) is 23.4. The Morgan fingerprint density at radius 3 is 1.47 bits per heavy atom. The van der Waals surface area contributed by atoms with Crippen molar-refractivity contribution in [2.75, 3.05) is 52.4 Å². The number of nitrogens with zero attached hydrogens (tertiary/aromatic N) is 8. The van der Waals surface area contributed by atoms with Crippen LogP contribution in [-0.4, -0.2) is 105 Å². The van der Waals surface area contributed by atoms with E-state index in [0.717, 1.165) is 21.9 Å². The summed E-state index contributed by atoms with van der Waals surface area (Å²) < 4.78 is 94.6. The van der Waals surface area contributed by atoms with E-state index in [-0.39, 0.29) is 30.2 Å². The Morgan fingerprint density at radius 1 is 0.552 bits per heavy atom. The van der Waals surface area contributed by atoms with Crippen molar-refractivity contribution >= 4 is 23.7 Å². The summed E-state index contributed by atoms with van der Waals surface area (Å²) in [5.74, 6) is -0.542. The highest BCUT2D eigenvalue weighted by Crippen LogP contribution is 2.34. The van der Waals surface area contributed by atoms with Gasteiger partial charge in [0.05, 0.1) is 42.7 Å². The molecule has 6 heterocycles. The summed E-state index contributed by atoms with van der Waals surface area (Å²) >= 11 is 0. The number of aliphatic imine (C=N–C) groups is 2. The molecule has 0 spiro atoms. The second kappa shape index (κ2) is 16.6. The Morgan fingerprint density at radius 2 is 0.983 bits per heavy atom. The first kappa shape index (κ1) is 27.0. The molecule has 0 saturated heterocycles. The number of fused-ring (bicyclic) bond motifs is 4. The molecular formula is C48H52N8O2. The maximum absolute atomic E-state index is 13.9. The van der Waals surface area contributed by atoms with Crippen LogP contribution in [0.25, 0.3) is 0 Å². The fourth-order valence-electron chi connectivity index (χ4n) is 8.00. The van der Waals surface area contributed by atoms with E-state index in [1.807, 2.05) is 41.0 Å². The van der Waals surface area contributed by atoms with E-state index in [4.69, 9.17) is 15.1 Å². The van der Waals surface area contributed by atoms with Crippen molar-refractivity contribution in [3.63, 3.8) is 0 Å². The van der Waals surface area contributed by atoms with E-state index in [0.29, 0.717) is 85.9 Å². The van der Waals surface area contributed by atoms with Crippen molar-refractivity contribution in [1.29, 1.82) is 0 Å².